The topological polar surface area (TPSA) is 74.8 Å². The van der Waals surface area contributed by atoms with Gasteiger partial charge in [0.1, 0.15) is 11.6 Å². The molecule has 6 heteroatoms. The molecule has 0 aliphatic heterocycles. The summed E-state index contributed by atoms with van der Waals surface area (Å²) in [5.74, 6) is -0.342. The highest BCUT2D eigenvalue weighted by molar-refractivity contribution is 6.02. The minimum atomic E-state index is -0.394. The van der Waals surface area contributed by atoms with Gasteiger partial charge in [0.25, 0.3) is 5.56 Å². The number of carbonyl (C=O) groups is 1. The van der Waals surface area contributed by atoms with Crippen LogP contribution in [0.1, 0.15) is 18.2 Å². The molecule has 0 spiro atoms. The largest absolute Gasteiger partial charge is 0.322 e. The molecule has 0 bridgehead atoms. The number of nitrogens with one attached hydrogen (secondary N) is 2. The lowest BCUT2D eigenvalue weighted by Gasteiger charge is -2.06. The van der Waals surface area contributed by atoms with Gasteiger partial charge in [-0.3, -0.25) is 9.59 Å². The van der Waals surface area contributed by atoms with E-state index < -0.39 is 5.82 Å². The summed E-state index contributed by atoms with van der Waals surface area (Å²) in [7, 11) is 0. The Morgan fingerprint density at radius 3 is 2.78 bits per heavy atom. The standard InChI is InChI=1S/C21H18FN3O2/c1-2-16-13-20(27)25-21(24-16)15-7-5-8-17(12-15)23-19(26)11-10-14-6-3-4-9-18(14)22/h3-13H,2H2,1H3,(H,23,26)(H,24,25,27)/b11-10+. The van der Waals surface area contributed by atoms with Crippen LogP contribution in [0, 0.1) is 5.82 Å². The number of rotatable bonds is 5. The Hall–Kier alpha value is -3.54. The molecule has 136 valence electrons. The Morgan fingerprint density at radius 1 is 1.19 bits per heavy atom. The summed E-state index contributed by atoms with van der Waals surface area (Å²) >= 11 is 0. The number of aromatic amines is 1. The van der Waals surface area contributed by atoms with Crippen molar-refractivity contribution in [2.45, 2.75) is 13.3 Å². The van der Waals surface area contributed by atoms with Crippen molar-refractivity contribution in [3.05, 3.63) is 88.1 Å². The number of aromatic nitrogens is 2. The molecular weight excluding hydrogens is 345 g/mol. The van der Waals surface area contributed by atoms with Crippen molar-refractivity contribution in [1.29, 1.82) is 0 Å². The number of anilines is 1. The monoisotopic (exact) mass is 363 g/mol. The molecule has 1 amide bonds. The van der Waals surface area contributed by atoms with Crippen molar-refractivity contribution in [1.82, 2.24) is 9.97 Å². The average Bonchev–Trinajstić information content (AvgIpc) is 2.67. The summed E-state index contributed by atoms with van der Waals surface area (Å²) in [5, 5.41) is 2.72. The Labute approximate surface area is 155 Å². The van der Waals surface area contributed by atoms with Crippen LogP contribution in [0.4, 0.5) is 10.1 Å². The van der Waals surface area contributed by atoms with Crippen LogP contribution in [0.2, 0.25) is 0 Å². The summed E-state index contributed by atoms with van der Waals surface area (Å²) < 4.78 is 13.6. The molecule has 0 radical (unpaired) electrons. The van der Waals surface area contributed by atoms with Gasteiger partial charge in [0.2, 0.25) is 5.91 Å². The third kappa shape index (κ3) is 4.76. The molecule has 2 N–H and O–H groups in total. The molecule has 2 aromatic carbocycles. The average molecular weight is 363 g/mol. The van der Waals surface area contributed by atoms with Gasteiger partial charge in [-0.1, -0.05) is 37.3 Å². The lowest BCUT2D eigenvalue weighted by atomic mass is 10.1. The quantitative estimate of drug-likeness (QED) is 0.677. The number of hydrogen-bond donors (Lipinski definition) is 2. The third-order valence-corrected chi connectivity index (χ3v) is 3.88. The van der Waals surface area contributed by atoms with E-state index >= 15 is 0 Å². The molecule has 0 saturated carbocycles. The zero-order chi connectivity index (χ0) is 19.2. The van der Waals surface area contributed by atoms with Crippen molar-refractivity contribution in [2.75, 3.05) is 5.32 Å². The highest BCUT2D eigenvalue weighted by Crippen LogP contribution is 2.19. The second kappa shape index (κ2) is 8.23. The highest BCUT2D eigenvalue weighted by atomic mass is 19.1. The smallest absolute Gasteiger partial charge is 0.251 e. The Kier molecular flexibility index (Phi) is 5.56. The van der Waals surface area contributed by atoms with E-state index in [1.54, 1.807) is 42.5 Å². The maximum Gasteiger partial charge on any atom is 0.251 e. The number of carbonyl (C=O) groups excluding carboxylic acids is 1. The van der Waals surface area contributed by atoms with E-state index in [9.17, 15) is 14.0 Å². The molecule has 0 fully saturated rings. The predicted molar refractivity (Wildman–Crippen MR) is 104 cm³/mol. The van der Waals surface area contributed by atoms with Crippen molar-refractivity contribution in [3.8, 4) is 11.4 Å². The van der Waals surface area contributed by atoms with Gasteiger partial charge in [-0.2, -0.15) is 0 Å². The fraction of sp³-hybridized carbons (Fsp3) is 0.0952. The van der Waals surface area contributed by atoms with Crippen LogP contribution in [-0.2, 0) is 11.2 Å². The molecule has 3 rings (SSSR count). The Morgan fingerprint density at radius 2 is 2.00 bits per heavy atom. The number of benzene rings is 2. The first-order valence-electron chi connectivity index (χ1n) is 8.49. The zero-order valence-corrected chi connectivity index (χ0v) is 14.7. The van der Waals surface area contributed by atoms with Gasteiger partial charge >= 0.3 is 0 Å². The van der Waals surface area contributed by atoms with Crippen LogP contribution >= 0.6 is 0 Å². The molecule has 1 heterocycles. The maximum atomic E-state index is 13.6. The Balaban J connectivity index is 1.78. The second-order valence-electron chi connectivity index (χ2n) is 5.86. The Bertz CT molecular complexity index is 1060. The summed E-state index contributed by atoms with van der Waals surface area (Å²) in [5.41, 5.74) is 2.02. The minimum absolute atomic E-state index is 0.223. The van der Waals surface area contributed by atoms with E-state index in [1.165, 1.54) is 24.3 Å². The SMILES string of the molecule is CCc1cc(=O)[nH]c(-c2cccc(NC(=O)/C=C/c3ccccc3F)c2)n1. The van der Waals surface area contributed by atoms with Crippen molar-refractivity contribution < 1.29 is 9.18 Å². The van der Waals surface area contributed by atoms with Gasteiger partial charge in [-0.15, -0.1) is 0 Å². The molecule has 0 atom stereocenters. The van der Waals surface area contributed by atoms with E-state index in [1.807, 2.05) is 6.92 Å². The first-order chi connectivity index (χ1) is 13.0. The number of halogens is 1. The van der Waals surface area contributed by atoms with Crippen LogP contribution in [0.5, 0.6) is 0 Å². The van der Waals surface area contributed by atoms with Crippen molar-refractivity contribution in [2.24, 2.45) is 0 Å². The fourth-order valence-electron chi connectivity index (χ4n) is 2.53. The summed E-state index contributed by atoms with van der Waals surface area (Å²) in [6.07, 6.45) is 3.33. The van der Waals surface area contributed by atoms with E-state index in [0.29, 0.717) is 34.8 Å². The van der Waals surface area contributed by atoms with Crippen molar-refractivity contribution >= 4 is 17.7 Å². The van der Waals surface area contributed by atoms with Gasteiger partial charge in [0.15, 0.2) is 0 Å². The number of H-pyrrole nitrogens is 1. The van der Waals surface area contributed by atoms with Crippen LogP contribution < -0.4 is 10.9 Å². The number of nitrogens with zero attached hydrogens (tertiary/aromatic N) is 1. The minimum Gasteiger partial charge on any atom is -0.322 e. The van der Waals surface area contributed by atoms with Gasteiger partial charge in [-0.05, 0) is 30.7 Å². The summed E-state index contributed by atoms with van der Waals surface area (Å²) in [6.45, 7) is 1.92. The lowest BCUT2D eigenvalue weighted by Crippen LogP contribution is -2.10. The van der Waals surface area contributed by atoms with Gasteiger partial charge in [0, 0.05) is 34.7 Å². The molecule has 0 unspecified atom stereocenters. The zero-order valence-electron chi connectivity index (χ0n) is 14.7. The van der Waals surface area contributed by atoms with Gasteiger partial charge in [-0.25, -0.2) is 9.37 Å². The number of hydrogen-bond acceptors (Lipinski definition) is 3. The van der Waals surface area contributed by atoms with Crippen LogP contribution in [0.15, 0.2) is 65.5 Å². The molecule has 0 aliphatic rings. The van der Waals surface area contributed by atoms with Gasteiger partial charge < -0.3 is 10.3 Å². The van der Waals surface area contributed by atoms with Crippen LogP contribution in [0.3, 0.4) is 0 Å². The van der Waals surface area contributed by atoms with E-state index in [0.717, 1.165) is 0 Å². The predicted octanol–water partition coefficient (Wildman–Crippen LogP) is 3.79. The van der Waals surface area contributed by atoms with Crippen molar-refractivity contribution in [3.63, 3.8) is 0 Å². The lowest BCUT2D eigenvalue weighted by molar-refractivity contribution is -0.111. The highest BCUT2D eigenvalue weighted by Gasteiger charge is 2.06. The first kappa shape index (κ1) is 18.3. The normalized spacial score (nSPS) is 10.9. The number of aryl methyl sites for hydroxylation is 1. The van der Waals surface area contributed by atoms with Gasteiger partial charge in [0.05, 0.1) is 0 Å². The molecule has 1 aromatic heterocycles. The van der Waals surface area contributed by atoms with E-state index in [4.69, 9.17) is 0 Å². The van der Waals surface area contributed by atoms with E-state index in [2.05, 4.69) is 15.3 Å². The molecule has 0 saturated heterocycles. The molecular formula is C21H18FN3O2. The first-order valence-corrected chi connectivity index (χ1v) is 8.49. The summed E-state index contributed by atoms with van der Waals surface area (Å²) in [6, 6.07) is 14.6. The molecule has 27 heavy (non-hydrogen) atoms. The van der Waals surface area contributed by atoms with E-state index in [-0.39, 0.29) is 11.5 Å². The molecule has 5 nitrogen and oxygen atoms in total. The molecule has 3 aromatic rings. The third-order valence-electron chi connectivity index (χ3n) is 3.88. The molecule has 0 aliphatic carbocycles. The second-order valence-corrected chi connectivity index (χ2v) is 5.86. The van der Waals surface area contributed by atoms with Crippen LogP contribution in [0.25, 0.3) is 17.5 Å². The van der Waals surface area contributed by atoms with Crippen LogP contribution in [-0.4, -0.2) is 15.9 Å². The maximum absolute atomic E-state index is 13.6. The summed E-state index contributed by atoms with van der Waals surface area (Å²) in [4.78, 5) is 31.0. The number of amides is 1. The fourth-order valence-corrected chi connectivity index (χ4v) is 2.53.